The van der Waals surface area contributed by atoms with Crippen molar-refractivity contribution in [2.24, 2.45) is 0 Å². The quantitative estimate of drug-likeness (QED) is 0.0606. The summed E-state index contributed by atoms with van der Waals surface area (Å²) >= 11 is 0. The third-order valence-corrected chi connectivity index (χ3v) is 20.1. The number of aromatic nitrogens is 8. The summed E-state index contributed by atoms with van der Waals surface area (Å²) in [5, 5.41) is 24.0. The SMILES string of the molecule is O=P(CCP(=O)(c1ccccn1)c1ccccn1)(c1ccccn1)c1ccccn1.OO.OO.c1ccc(P(CCP(c2ccccn2)c2ccccn2)c2ccccn2)nc1. The van der Waals surface area contributed by atoms with Gasteiger partial charge in [-0.3, -0.25) is 60.9 Å². The molecule has 0 fully saturated rings. The fourth-order valence-electron chi connectivity index (χ4n) is 6.19. The van der Waals surface area contributed by atoms with Gasteiger partial charge in [-0.05, 0) is 125 Å². The van der Waals surface area contributed by atoms with Crippen LogP contribution in [0.1, 0.15) is 0 Å². The average Bonchev–Trinajstić information content (AvgIpc) is 3.38. The molecular formula is C44H44N8O6P4. The van der Waals surface area contributed by atoms with Crippen LogP contribution in [0.2, 0.25) is 0 Å². The molecular weight excluding hydrogens is 860 g/mol. The highest BCUT2D eigenvalue weighted by molar-refractivity contribution is 7.82. The van der Waals surface area contributed by atoms with Gasteiger partial charge in [-0.2, -0.15) is 0 Å². The van der Waals surface area contributed by atoms with Crippen LogP contribution < -0.4 is 43.5 Å². The van der Waals surface area contributed by atoms with Gasteiger partial charge in [0, 0.05) is 61.9 Å². The number of pyridine rings is 8. The standard InChI is InChI=1S/C22H20N4O2P2.C22H20N4P2.2H2O2/c27-29(19-9-1-5-13-23-19,20-10-2-6-14-24-20)17-18-30(28,21-11-3-7-15-25-21)22-12-4-8-16-26-22;1-5-13-23-19(9-1)27(20-10-2-6-14-24-20)17-18-28(21-11-3-7-15-25-21)22-12-4-8-16-26-22;2*1-2/h1-16H,17-18H2;1-16H,17-18H2;2*1-2H. The molecule has 18 heteroatoms. The van der Waals surface area contributed by atoms with E-state index in [2.05, 4.69) is 88.4 Å². The van der Waals surface area contributed by atoms with Crippen LogP contribution in [0.4, 0.5) is 0 Å². The number of hydrogen-bond donors (Lipinski definition) is 4. The van der Waals surface area contributed by atoms with Gasteiger partial charge in [0.15, 0.2) is 14.3 Å². The lowest BCUT2D eigenvalue weighted by atomic mass is 10.5. The second-order valence-electron chi connectivity index (χ2n) is 12.7. The zero-order valence-electron chi connectivity index (χ0n) is 33.3. The summed E-state index contributed by atoms with van der Waals surface area (Å²) in [6.45, 7) is 0. The largest absolute Gasteiger partial charge is 0.310 e. The van der Waals surface area contributed by atoms with Gasteiger partial charge < -0.3 is 9.13 Å². The van der Waals surface area contributed by atoms with Crippen LogP contribution in [0.25, 0.3) is 0 Å². The van der Waals surface area contributed by atoms with E-state index in [-0.39, 0.29) is 12.3 Å². The summed E-state index contributed by atoms with van der Waals surface area (Å²) in [5.41, 5.74) is 6.30. The molecule has 0 aromatic carbocycles. The van der Waals surface area contributed by atoms with E-state index < -0.39 is 30.1 Å². The summed E-state index contributed by atoms with van der Waals surface area (Å²) in [6.07, 6.45) is 16.2. The summed E-state index contributed by atoms with van der Waals surface area (Å²) in [5.74, 6) is 0. The molecule has 0 spiro atoms. The van der Waals surface area contributed by atoms with E-state index in [1.54, 1.807) is 97.6 Å². The Bertz CT molecular complexity index is 2190. The Hall–Kier alpha value is -5.64. The minimum absolute atomic E-state index is 0.144. The molecule has 0 bridgehead atoms. The highest BCUT2D eigenvalue weighted by Gasteiger charge is 2.37. The summed E-state index contributed by atoms with van der Waals surface area (Å²) < 4.78 is 28.5. The summed E-state index contributed by atoms with van der Waals surface area (Å²) in [4.78, 5) is 36.0. The molecule has 0 aliphatic rings. The van der Waals surface area contributed by atoms with Crippen molar-refractivity contribution in [2.45, 2.75) is 0 Å². The minimum Gasteiger partial charge on any atom is -0.310 e. The zero-order chi connectivity index (χ0) is 43.9. The summed E-state index contributed by atoms with van der Waals surface area (Å²) in [6, 6.07) is 45.8. The van der Waals surface area contributed by atoms with E-state index >= 15 is 0 Å². The van der Waals surface area contributed by atoms with Crippen molar-refractivity contribution in [3.05, 3.63) is 195 Å². The molecule has 0 aliphatic carbocycles. The first-order valence-corrected chi connectivity index (χ1v) is 25.8. The normalized spacial score (nSPS) is 10.9. The zero-order valence-corrected chi connectivity index (χ0v) is 36.9. The van der Waals surface area contributed by atoms with E-state index in [0.29, 0.717) is 21.7 Å². The first-order chi connectivity index (χ1) is 30.5. The molecule has 0 atom stereocenters. The maximum Gasteiger partial charge on any atom is 0.178 e. The number of nitrogens with zero attached hydrogens (tertiary/aromatic N) is 8. The predicted octanol–water partition coefficient (Wildman–Crippen LogP) is 5.46. The second kappa shape index (κ2) is 25.3. The third kappa shape index (κ3) is 12.7. The predicted molar refractivity (Wildman–Crippen MR) is 250 cm³/mol. The van der Waals surface area contributed by atoms with E-state index in [1.165, 1.54) is 0 Å². The maximum atomic E-state index is 14.2. The molecule has 0 amide bonds. The van der Waals surface area contributed by atoms with Crippen LogP contribution in [-0.4, -0.2) is 85.5 Å². The molecule has 316 valence electrons. The Kier molecular flexibility index (Phi) is 19.4. The number of rotatable bonds is 14. The van der Waals surface area contributed by atoms with Gasteiger partial charge in [-0.1, -0.05) is 48.5 Å². The van der Waals surface area contributed by atoms with Crippen molar-refractivity contribution in [3.8, 4) is 0 Å². The van der Waals surface area contributed by atoms with E-state index in [0.717, 1.165) is 34.1 Å². The van der Waals surface area contributed by atoms with Crippen LogP contribution >= 0.6 is 30.1 Å². The second-order valence-corrected chi connectivity index (χ2v) is 22.9. The molecule has 8 heterocycles. The number of hydrogen-bond acceptors (Lipinski definition) is 14. The molecule has 0 saturated carbocycles. The fraction of sp³-hybridized carbons (Fsp3) is 0.0909. The van der Waals surface area contributed by atoms with Crippen molar-refractivity contribution in [1.82, 2.24) is 39.9 Å². The molecule has 14 nitrogen and oxygen atoms in total. The van der Waals surface area contributed by atoms with E-state index in [1.807, 2.05) is 49.1 Å². The Morgan fingerprint density at radius 1 is 0.323 bits per heavy atom. The van der Waals surface area contributed by atoms with Gasteiger partial charge in [-0.15, -0.1) is 0 Å². The highest BCUT2D eigenvalue weighted by atomic mass is 31.2. The van der Waals surface area contributed by atoms with Gasteiger partial charge in [0.1, 0.15) is 21.7 Å². The molecule has 0 radical (unpaired) electrons. The Labute approximate surface area is 362 Å². The van der Waals surface area contributed by atoms with Crippen LogP contribution in [0.3, 0.4) is 0 Å². The monoisotopic (exact) mass is 904 g/mol. The van der Waals surface area contributed by atoms with Crippen molar-refractivity contribution < 1.29 is 30.2 Å². The average molecular weight is 905 g/mol. The lowest BCUT2D eigenvalue weighted by Gasteiger charge is -2.21. The fourth-order valence-corrected chi connectivity index (χ4v) is 17.0. The molecule has 0 unspecified atom stereocenters. The Balaban J connectivity index is 0.000000217. The van der Waals surface area contributed by atoms with Crippen molar-refractivity contribution in [3.63, 3.8) is 0 Å². The molecule has 0 aliphatic heterocycles. The molecule has 8 aromatic rings. The molecule has 8 rings (SSSR count). The lowest BCUT2D eigenvalue weighted by Crippen LogP contribution is -2.28. The first kappa shape index (κ1) is 47.4. The third-order valence-electron chi connectivity index (χ3n) is 9.06. The highest BCUT2D eigenvalue weighted by Crippen LogP contribution is 2.49. The van der Waals surface area contributed by atoms with Crippen LogP contribution in [0, 0.1) is 0 Å². The molecule has 4 N–H and O–H groups in total. The van der Waals surface area contributed by atoms with Gasteiger partial charge in [0.05, 0.1) is 21.7 Å². The van der Waals surface area contributed by atoms with Crippen molar-refractivity contribution in [2.75, 3.05) is 24.6 Å². The van der Waals surface area contributed by atoms with Gasteiger partial charge in [0.25, 0.3) is 0 Å². The van der Waals surface area contributed by atoms with Crippen molar-refractivity contribution >= 4 is 73.6 Å². The van der Waals surface area contributed by atoms with Crippen LogP contribution in [-0.2, 0) is 9.13 Å². The van der Waals surface area contributed by atoms with Gasteiger partial charge in [-0.25, -0.2) is 0 Å². The minimum atomic E-state index is -3.21. The van der Waals surface area contributed by atoms with Crippen molar-refractivity contribution in [1.29, 1.82) is 0 Å². The Morgan fingerprint density at radius 2 is 0.532 bits per heavy atom. The van der Waals surface area contributed by atoms with E-state index in [4.69, 9.17) is 21.0 Å². The smallest absolute Gasteiger partial charge is 0.178 e. The molecule has 62 heavy (non-hydrogen) atoms. The van der Waals surface area contributed by atoms with Gasteiger partial charge in [0.2, 0.25) is 0 Å². The first-order valence-electron chi connectivity index (χ1n) is 19.0. The molecule has 8 aromatic heterocycles. The van der Waals surface area contributed by atoms with E-state index in [9.17, 15) is 9.13 Å². The van der Waals surface area contributed by atoms with Crippen LogP contribution in [0.5, 0.6) is 0 Å². The maximum absolute atomic E-state index is 14.2. The topological polar surface area (TPSA) is 218 Å². The van der Waals surface area contributed by atoms with Gasteiger partial charge >= 0.3 is 0 Å². The molecule has 0 saturated heterocycles. The van der Waals surface area contributed by atoms with Crippen LogP contribution in [0.15, 0.2) is 195 Å². The summed E-state index contributed by atoms with van der Waals surface area (Å²) in [7, 11) is -7.67. The Morgan fingerprint density at radius 3 is 0.710 bits per heavy atom. The lowest BCUT2D eigenvalue weighted by molar-refractivity contribution is -0.176.